The van der Waals surface area contributed by atoms with Crippen molar-refractivity contribution in [1.29, 1.82) is 5.26 Å². The van der Waals surface area contributed by atoms with E-state index in [2.05, 4.69) is 4.74 Å². The molecule has 74 valence electrons. The van der Waals surface area contributed by atoms with Crippen molar-refractivity contribution < 1.29 is 17.9 Å². The summed E-state index contributed by atoms with van der Waals surface area (Å²) in [6.45, 7) is 0. The number of alkyl halides is 3. The summed E-state index contributed by atoms with van der Waals surface area (Å²) in [5.74, 6) is -0.896. The zero-order valence-corrected chi connectivity index (χ0v) is 6.55. The lowest BCUT2D eigenvalue weighted by Gasteiger charge is -2.08. The van der Waals surface area contributed by atoms with Gasteiger partial charge in [0.15, 0.2) is 5.56 Å². The van der Waals surface area contributed by atoms with Crippen LogP contribution in [0.5, 0.6) is 5.88 Å². The lowest BCUT2D eigenvalue weighted by atomic mass is 10.3. The predicted octanol–water partition coefficient (Wildman–Crippen LogP) is 1.15. The summed E-state index contributed by atoms with van der Waals surface area (Å²) < 4.78 is 38.6. The van der Waals surface area contributed by atoms with Gasteiger partial charge in [0, 0.05) is 12.3 Å². The lowest BCUT2D eigenvalue weighted by molar-refractivity contribution is -0.276. The minimum Gasteiger partial charge on any atom is -0.388 e. The highest BCUT2D eigenvalue weighted by Crippen LogP contribution is 2.21. The van der Waals surface area contributed by atoms with Crippen molar-refractivity contribution in [2.45, 2.75) is 6.36 Å². The van der Waals surface area contributed by atoms with Crippen molar-refractivity contribution in [2.75, 3.05) is 0 Å². The Morgan fingerprint density at radius 1 is 1.50 bits per heavy atom. The summed E-state index contributed by atoms with van der Waals surface area (Å²) in [4.78, 5) is 12.9. The highest BCUT2D eigenvalue weighted by atomic mass is 19.4. The Hall–Kier alpha value is -1.97. The Morgan fingerprint density at radius 2 is 2.14 bits per heavy atom. The van der Waals surface area contributed by atoms with Gasteiger partial charge in [-0.15, -0.1) is 13.2 Å². The maximum atomic E-state index is 11.7. The first kappa shape index (κ1) is 10.1. The minimum absolute atomic E-state index is 0.704. The molecule has 0 unspecified atom stereocenters. The first-order valence-electron chi connectivity index (χ1n) is 3.31. The molecule has 0 saturated carbocycles. The average molecular weight is 204 g/mol. The Morgan fingerprint density at radius 3 is 2.64 bits per heavy atom. The van der Waals surface area contributed by atoms with Crippen LogP contribution in [0.3, 0.4) is 0 Å². The fraction of sp³-hybridized carbons (Fsp3) is 0.143. The Bertz CT molecular complexity index is 430. The second kappa shape index (κ2) is 3.41. The van der Waals surface area contributed by atoms with Gasteiger partial charge in [0.2, 0.25) is 11.3 Å². The van der Waals surface area contributed by atoms with Crippen molar-refractivity contribution in [1.82, 2.24) is 4.98 Å². The van der Waals surface area contributed by atoms with Gasteiger partial charge < -0.3 is 9.72 Å². The summed E-state index contributed by atoms with van der Waals surface area (Å²) >= 11 is 0. The fourth-order valence-electron chi connectivity index (χ4n) is 0.763. The molecule has 0 atom stereocenters. The van der Waals surface area contributed by atoms with Crippen LogP contribution in [0.1, 0.15) is 5.56 Å². The molecule has 7 heteroatoms. The number of pyridine rings is 1. The molecule has 1 rings (SSSR count). The van der Waals surface area contributed by atoms with Crippen molar-refractivity contribution >= 4 is 0 Å². The first-order chi connectivity index (χ1) is 6.44. The van der Waals surface area contributed by atoms with Gasteiger partial charge in [-0.25, -0.2) is 0 Å². The molecule has 0 bridgehead atoms. The molecule has 0 aliphatic carbocycles. The number of hydrogen-bond acceptors (Lipinski definition) is 3. The normalized spacial score (nSPS) is 10.7. The molecule has 1 aromatic heterocycles. The smallest absolute Gasteiger partial charge is 0.388 e. The number of nitriles is 1. The number of nitrogens with one attached hydrogen (secondary N) is 1. The van der Waals surface area contributed by atoms with Gasteiger partial charge >= 0.3 is 6.36 Å². The van der Waals surface area contributed by atoms with E-state index in [1.54, 1.807) is 0 Å². The number of aromatic amines is 1. The maximum Gasteiger partial charge on any atom is 0.574 e. The molecule has 14 heavy (non-hydrogen) atoms. The van der Waals surface area contributed by atoms with E-state index < -0.39 is 23.2 Å². The fourth-order valence-corrected chi connectivity index (χ4v) is 0.763. The summed E-state index contributed by atoms with van der Waals surface area (Å²) in [5.41, 5.74) is -1.53. The van der Waals surface area contributed by atoms with Crippen LogP contribution >= 0.6 is 0 Å². The molecule has 4 nitrogen and oxygen atoms in total. The molecular weight excluding hydrogens is 201 g/mol. The van der Waals surface area contributed by atoms with Crippen LogP contribution in [0.2, 0.25) is 0 Å². The molecular formula is C7H3F3N2O2. The third kappa shape index (κ3) is 2.26. The number of hydrogen-bond donors (Lipinski definition) is 1. The van der Waals surface area contributed by atoms with Gasteiger partial charge in [-0.1, -0.05) is 0 Å². The van der Waals surface area contributed by atoms with E-state index in [-0.39, 0.29) is 0 Å². The SMILES string of the molecule is N#Cc1c(OC(F)(F)F)[nH]ccc1=O. The molecule has 0 saturated heterocycles. The van der Waals surface area contributed by atoms with Crippen molar-refractivity contribution in [3.63, 3.8) is 0 Å². The van der Waals surface area contributed by atoms with Crippen LogP contribution in [0.15, 0.2) is 17.1 Å². The van der Waals surface area contributed by atoms with Gasteiger partial charge in [0.05, 0.1) is 0 Å². The molecule has 1 heterocycles. The number of H-pyrrole nitrogens is 1. The van der Waals surface area contributed by atoms with Crippen LogP contribution in [0.25, 0.3) is 0 Å². The van der Waals surface area contributed by atoms with E-state index in [1.165, 1.54) is 6.07 Å². The first-order valence-corrected chi connectivity index (χ1v) is 3.31. The average Bonchev–Trinajstić information content (AvgIpc) is 2.01. The van der Waals surface area contributed by atoms with Gasteiger partial charge in [0.25, 0.3) is 0 Å². The third-order valence-corrected chi connectivity index (χ3v) is 1.25. The Kier molecular flexibility index (Phi) is 2.47. The minimum atomic E-state index is -4.93. The van der Waals surface area contributed by atoms with Crippen molar-refractivity contribution in [2.24, 2.45) is 0 Å². The van der Waals surface area contributed by atoms with E-state index in [0.717, 1.165) is 12.3 Å². The summed E-state index contributed by atoms with van der Waals surface area (Å²) in [6.07, 6.45) is -3.97. The highest BCUT2D eigenvalue weighted by molar-refractivity contribution is 5.37. The molecule has 0 fully saturated rings. The largest absolute Gasteiger partial charge is 0.574 e. The standard InChI is InChI=1S/C7H3F3N2O2/c8-7(9,10)14-6-4(3-11)5(13)1-2-12-6/h1-2H,(H,12,13). The maximum absolute atomic E-state index is 11.7. The Labute approximate surface area is 75.5 Å². The number of halogens is 3. The molecule has 0 aromatic carbocycles. The zero-order chi connectivity index (χ0) is 10.8. The number of rotatable bonds is 1. The number of nitrogens with zero attached hydrogens (tertiary/aromatic N) is 1. The van der Waals surface area contributed by atoms with Crippen molar-refractivity contribution in [3.8, 4) is 11.9 Å². The second-order valence-corrected chi connectivity index (χ2v) is 2.21. The number of aromatic nitrogens is 1. The lowest BCUT2D eigenvalue weighted by Crippen LogP contribution is -2.20. The third-order valence-electron chi connectivity index (χ3n) is 1.25. The number of ether oxygens (including phenoxy) is 1. The summed E-state index contributed by atoms with van der Waals surface area (Å²) in [7, 11) is 0. The van der Waals surface area contributed by atoms with E-state index in [1.807, 2.05) is 4.98 Å². The summed E-state index contributed by atoms with van der Waals surface area (Å²) in [5, 5.41) is 8.38. The second-order valence-electron chi connectivity index (χ2n) is 2.21. The van der Waals surface area contributed by atoms with Crippen LogP contribution in [0, 0.1) is 11.3 Å². The molecule has 0 radical (unpaired) electrons. The van der Waals surface area contributed by atoms with E-state index >= 15 is 0 Å². The highest BCUT2D eigenvalue weighted by Gasteiger charge is 2.33. The van der Waals surface area contributed by atoms with Gasteiger partial charge in [-0.05, 0) is 0 Å². The van der Waals surface area contributed by atoms with Gasteiger partial charge in [-0.3, -0.25) is 4.79 Å². The summed E-state index contributed by atoms with van der Waals surface area (Å²) in [6, 6.07) is 2.25. The quantitative estimate of drug-likeness (QED) is 0.745. The van der Waals surface area contributed by atoms with E-state index in [0.29, 0.717) is 0 Å². The van der Waals surface area contributed by atoms with Crippen molar-refractivity contribution in [3.05, 3.63) is 28.0 Å². The molecule has 1 aromatic rings. The van der Waals surface area contributed by atoms with Gasteiger partial charge in [-0.2, -0.15) is 5.26 Å². The molecule has 1 N–H and O–H groups in total. The predicted molar refractivity (Wildman–Crippen MR) is 38.5 cm³/mol. The Balaban J connectivity index is 3.17. The molecule has 0 aliphatic heterocycles. The zero-order valence-electron chi connectivity index (χ0n) is 6.55. The van der Waals surface area contributed by atoms with Crippen LogP contribution in [-0.4, -0.2) is 11.3 Å². The van der Waals surface area contributed by atoms with Crippen LogP contribution in [-0.2, 0) is 0 Å². The van der Waals surface area contributed by atoms with Crippen LogP contribution < -0.4 is 10.2 Å². The van der Waals surface area contributed by atoms with Crippen LogP contribution in [0.4, 0.5) is 13.2 Å². The van der Waals surface area contributed by atoms with Gasteiger partial charge in [0.1, 0.15) is 6.07 Å². The molecule has 0 spiro atoms. The molecule has 0 amide bonds. The monoisotopic (exact) mass is 204 g/mol. The van der Waals surface area contributed by atoms with E-state index in [4.69, 9.17) is 5.26 Å². The molecule has 0 aliphatic rings. The van der Waals surface area contributed by atoms with E-state index in [9.17, 15) is 18.0 Å². The topological polar surface area (TPSA) is 65.9 Å².